The Kier molecular flexibility index (Phi) is 4.52. The monoisotopic (exact) mass is 394 g/mol. The van der Waals surface area contributed by atoms with Crippen LogP contribution in [0.3, 0.4) is 0 Å². The average molecular weight is 396 g/mol. The zero-order valence-electron chi connectivity index (χ0n) is 9.39. The third-order valence-electron chi connectivity index (χ3n) is 2.39. The lowest BCUT2D eigenvalue weighted by Crippen LogP contribution is -1.96. The van der Waals surface area contributed by atoms with E-state index in [-0.39, 0.29) is 22.4 Å². The normalized spacial score (nSPS) is 10.6. The van der Waals surface area contributed by atoms with Gasteiger partial charge < -0.3 is 4.74 Å². The van der Waals surface area contributed by atoms with Crippen LogP contribution in [-0.2, 0) is 5.33 Å². The Hall–Kier alpha value is -1.01. The van der Waals surface area contributed by atoms with Gasteiger partial charge in [-0.05, 0) is 24.3 Å². The molecule has 100 valence electrons. The van der Waals surface area contributed by atoms with E-state index in [1.54, 1.807) is 0 Å². The number of hydrogen-bond donors (Lipinski definition) is 0. The van der Waals surface area contributed by atoms with Crippen LogP contribution >= 0.6 is 31.9 Å². The summed E-state index contributed by atoms with van der Waals surface area (Å²) >= 11 is 6.16. The molecule has 0 radical (unpaired) electrons. The summed E-state index contributed by atoms with van der Waals surface area (Å²) in [6.07, 6.45) is 0. The lowest BCUT2D eigenvalue weighted by Gasteiger charge is -2.11. The van der Waals surface area contributed by atoms with E-state index in [2.05, 4.69) is 31.9 Å². The second-order valence-corrected chi connectivity index (χ2v) is 5.13. The van der Waals surface area contributed by atoms with Gasteiger partial charge in [-0.2, -0.15) is 4.39 Å². The molecule has 2 aromatic rings. The molecule has 0 spiro atoms. The molecule has 0 saturated carbocycles. The zero-order valence-corrected chi connectivity index (χ0v) is 12.6. The largest absolute Gasteiger partial charge is 0.454 e. The van der Waals surface area contributed by atoms with Crippen LogP contribution in [0.4, 0.5) is 13.2 Å². The highest BCUT2D eigenvalue weighted by molar-refractivity contribution is 9.10. The topological polar surface area (TPSA) is 9.23 Å². The quantitative estimate of drug-likeness (QED) is 0.488. The standard InChI is InChI=1S/C13H7Br2F3O/c14-6-8-9(16)2-1-3-11(8)19-12-5-7(15)4-10(17)13(12)18/h1-5H,6H2. The molecule has 0 saturated heterocycles. The molecule has 1 nitrogen and oxygen atoms in total. The fraction of sp³-hybridized carbons (Fsp3) is 0.0769. The van der Waals surface area contributed by atoms with Crippen molar-refractivity contribution in [2.24, 2.45) is 0 Å². The van der Waals surface area contributed by atoms with Gasteiger partial charge in [0.25, 0.3) is 0 Å². The first-order valence-electron chi connectivity index (χ1n) is 5.18. The number of ether oxygens (including phenoxy) is 1. The molecule has 0 aromatic heterocycles. The van der Waals surface area contributed by atoms with Crippen LogP contribution in [0.5, 0.6) is 11.5 Å². The van der Waals surface area contributed by atoms with Crippen molar-refractivity contribution in [2.75, 3.05) is 0 Å². The van der Waals surface area contributed by atoms with Gasteiger partial charge in [0, 0.05) is 15.4 Å². The third kappa shape index (κ3) is 3.12. The Morgan fingerprint density at radius 3 is 2.42 bits per heavy atom. The van der Waals surface area contributed by atoms with Crippen molar-refractivity contribution >= 4 is 31.9 Å². The first-order chi connectivity index (χ1) is 9.02. The third-order valence-corrected chi connectivity index (χ3v) is 3.41. The minimum absolute atomic E-state index is 0.133. The van der Waals surface area contributed by atoms with Crippen molar-refractivity contribution in [3.05, 3.63) is 57.8 Å². The van der Waals surface area contributed by atoms with Crippen LogP contribution in [0, 0.1) is 17.5 Å². The SMILES string of the molecule is Fc1cc(Br)cc(Oc2cccc(F)c2CBr)c1F. The van der Waals surface area contributed by atoms with E-state index in [0.717, 1.165) is 6.07 Å². The van der Waals surface area contributed by atoms with E-state index in [0.29, 0.717) is 4.47 Å². The maximum absolute atomic E-state index is 13.6. The molecule has 2 rings (SSSR count). The van der Waals surface area contributed by atoms with E-state index < -0.39 is 17.5 Å². The minimum atomic E-state index is -1.12. The smallest absolute Gasteiger partial charge is 0.201 e. The molecule has 0 aliphatic heterocycles. The van der Waals surface area contributed by atoms with E-state index in [1.165, 1.54) is 24.3 Å². The molecule has 2 aromatic carbocycles. The van der Waals surface area contributed by atoms with Crippen LogP contribution in [0.15, 0.2) is 34.8 Å². The van der Waals surface area contributed by atoms with Crippen molar-refractivity contribution in [3.8, 4) is 11.5 Å². The first-order valence-corrected chi connectivity index (χ1v) is 7.10. The zero-order chi connectivity index (χ0) is 14.0. The Bertz CT molecular complexity index is 617. The number of halogens is 5. The Morgan fingerprint density at radius 1 is 1.00 bits per heavy atom. The molecule has 0 aliphatic rings. The van der Waals surface area contributed by atoms with Crippen molar-refractivity contribution in [1.29, 1.82) is 0 Å². The molecular formula is C13H7Br2F3O. The van der Waals surface area contributed by atoms with Crippen LogP contribution in [-0.4, -0.2) is 0 Å². The van der Waals surface area contributed by atoms with Gasteiger partial charge in [0.1, 0.15) is 11.6 Å². The van der Waals surface area contributed by atoms with Crippen LogP contribution in [0.25, 0.3) is 0 Å². The molecule has 0 N–H and O–H groups in total. The molecule has 0 amide bonds. The summed E-state index contributed by atoms with van der Waals surface area (Å²) in [5.74, 6) is -2.81. The predicted octanol–water partition coefficient (Wildman–Crippen LogP) is 5.55. The first kappa shape index (κ1) is 14.4. The van der Waals surface area contributed by atoms with Gasteiger partial charge in [-0.25, -0.2) is 8.78 Å². The van der Waals surface area contributed by atoms with Gasteiger partial charge >= 0.3 is 0 Å². The summed E-state index contributed by atoms with van der Waals surface area (Å²) in [4.78, 5) is 0. The van der Waals surface area contributed by atoms with Gasteiger partial charge in [0.15, 0.2) is 11.6 Å². The molecule has 19 heavy (non-hydrogen) atoms. The fourth-order valence-corrected chi connectivity index (χ4v) is 2.44. The fourth-order valence-electron chi connectivity index (χ4n) is 1.49. The van der Waals surface area contributed by atoms with Gasteiger partial charge in [0.2, 0.25) is 5.82 Å². The second-order valence-electron chi connectivity index (χ2n) is 3.65. The minimum Gasteiger partial charge on any atom is -0.454 e. The van der Waals surface area contributed by atoms with Gasteiger partial charge in [-0.3, -0.25) is 0 Å². The number of rotatable bonds is 3. The highest BCUT2D eigenvalue weighted by atomic mass is 79.9. The number of alkyl halides is 1. The van der Waals surface area contributed by atoms with E-state index in [9.17, 15) is 13.2 Å². The molecule has 0 fully saturated rings. The van der Waals surface area contributed by atoms with E-state index in [1.807, 2.05) is 0 Å². The summed E-state index contributed by atoms with van der Waals surface area (Å²) in [5, 5.41) is 0.201. The average Bonchev–Trinajstić information content (AvgIpc) is 2.35. The van der Waals surface area contributed by atoms with Crippen LogP contribution in [0.1, 0.15) is 5.56 Å². The lowest BCUT2D eigenvalue weighted by atomic mass is 10.2. The number of hydrogen-bond acceptors (Lipinski definition) is 1. The maximum atomic E-state index is 13.6. The summed E-state index contributed by atoms with van der Waals surface area (Å²) in [6, 6.07) is 6.45. The van der Waals surface area contributed by atoms with Crippen molar-refractivity contribution < 1.29 is 17.9 Å². The van der Waals surface area contributed by atoms with Gasteiger partial charge in [-0.15, -0.1) is 0 Å². The molecule has 0 heterocycles. The van der Waals surface area contributed by atoms with Gasteiger partial charge in [0.05, 0.1) is 0 Å². The van der Waals surface area contributed by atoms with Gasteiger partial charge in [-0.1, -0.05) is 37.9 Å². The summed E-state index contributed by atoms with van der Waals surface area (Å²) in [7, 11) is 0. The Labute approximate surface area is 124 Å². The molecular weight excluding hydrogens is 389 g/mol. The molecule has 0 aliphatic carbocycles. The van der Waals surface area contributed by atoms with Crippen LogP contribution in [0.2, 0.25) is 0 Å². The molecule has 0 bridgehead atoms. The summed E-state index contributed by atoms with van der Waals surface area (Å²) < 4.78 is 45.9. The van der Waals surface area contributed by atoms with Crippen molar-refractivity contribution in [1.82, 2.24) is 0 Å². The predicted molar refractivity (Wildman–Crippen MR) is 73.2 cm³/mol. The summed E-state index contributed by atoms with van der Waals surface area (Å²) in [6.45, 7) is 0. The van der Waals surface area contributed by atoms with Crippen LogP contribution < -0.4 is 4.74 Å². The van der Waals surface area contributed by atoms with E-state index >= 15 is 0 Å². The Morgan fingerprint density at radius 2 is 1.74 bits per heavy atom. The number of benzene rings is 2. The van der Waals surface area contributed by atoms with Crippen molar-refractivity contribution in [2.45, 2.75) is 5.33 Å². The lowest BCUT2D eigenvalue weighted by molar-refractivity contribution is 0.410. The highest BCUT2D eigenvalue weighted by Crippen LogP contribution is 2.33. The molecule has 0 atom stereocenters. The Balaban J connectivity index is 2.45. The maximum Gasteiger partial charge on any atom is 0.201 e. The van der Waals surface area contributed by atoms with Crippen molar-refractivity contribution in [3.63, 3.8) is 0 Å². The summed E-state index contributed by atoms with van der Waals surface area (Å²) in [5.41, 5.74) is 0.238. The van der Waals surface area contributed by atoms with E-state index in [4.69, 9.17) is 4.74 Å². The molecule has 0 unspecified atom stereocenters. The molecule has 6 heteroatoms. The second kappa shape index (κ2) is 5.96. The highest BCUT2D eigenvalue weighted by Gasteiger charge is 2.15.